The highest BCUT2D eigenvalue weighted by molar-refractivity contribution is 5.77. The van der Waals surface area contributed by atoms with Crippen LogP contribution >= 0.6 is 0 Å². The van der Waals surface area contributed by atoms with Crippen molar-refractivity contribution in [1.82, 2.24) is 0 Å². The molecule has 0 aliphatic rings. The summed E-state index contributed by atoms with van der Waals surface area (Å²) in [6.07, 6.45) is 2.14. The minimum absolute atomic E-state index is 0.0254. The molecule has 94 valence electrons. The Hall–Kier alpha value is -1.83. The highest BCUT2D eigenvalue weighted by Crippen LogP contribution is 2.31. The first kappa shape index (κ1) is 12.6. The number of ketones is 1. The molecule has 0 aliphatic carbocycles. The predicted octanol–water partition coefficient (Wildman–Crippen LogP) is 4.01. The van der Waals surface area contributed by atoms with Gasteiger partial charge in [0.1, 0.15) is 11.5 Å². The Bertz CT molecular complexity index is 538. The molecule has 1 aromatic heterocycles. The molecular weight excluding hydrogens is 224 g/mol. The SMILES string of the molecule is CC(=O)CC(c1ccco1)c1cc(C)ccc1C. The Labute approximate surface area is 108 Å². The molecule has 0 bridgehead atoms. The number of hydrogen-bond donors (Lipinski definition) is 0. The van der Waals surface area contributed by atoms with Crippen molar-refractivity contribution < 1.29 is 9.21 Å². The van der Waals surface area contributed by atoms with E-state index in [-0.39, 0.29) is 11.7 Å². The summed E-state index contributed by atoms with van der Waals surface area (Å²) in [5, 5.41) is 0. The number of aryl methyl sites for hydroxylation is 2. The number of hydrogen-bond acceptors (Lipinski definition) is 2. The summed E-state index contributed by atoms with van der Waals surface area (Å²) in [5.41, 5.74) is 3.58. The molecule has 0 saturated heterocycles. The Balaban J connectivity index is 2.46. The van der Waals surface area contributed by atoms with Crippen LogP contribution in [0.4, 0.5) is 0 Å². The van der Waals surface area contributed by atoms with Crippen LogP contribution in [-0.2, 0) is 4.79 Å². The number of Topliss-reactive ketones (excluding diaryl/α,β-unsaturated/α-hetero) is 1. The largest absolute Gasteiger partial charge is 0.469 e. The lowest BCUT2D eigenvalue weighted by molar-refractivity contribution is -0.117. The number of furan rings is 1. The Morgan fingerprint density at radius 2 is 2.06 bits per heavy atom. The fourth-order valence-electron chi connectivity index (χ4n) is 2.28. The highest BCUT2D eigenvalue weighted by Gasteiger charge is 2.20. The highest BCUT2D eigenvalue weighted by atomic mass is 16.3. The van der Waals surface area contributed by atoms with E-state index in [0.29, 0.717) is 6.42 Å². The minimum Gasteiger partial charge on any atom is -0.469 e. The summed E-state index contributed by atoms with van der Waals surface area (Å²) < 4.78 is 5.49. The van der Waals surface area contributed by atoms with Gasteiger partial charge in [0.05, 0.1) is 6.26 Å². The van der Waals surface area contributed by atoms with Gasteiger partial charge in [-0.05, 0) is 44.0 Å². The van der Waals surface area contributed by atoms with Crippen molar-refractivity contribution >= 4 is 5.78 Å². The molecule has 0 saturated carbocycles. The fraction of sp³-hybridized carbons (Fsp3) is 0.312. The third-order valence-corrected chi connectivity index (χ3v) is 3.19. The van der Waals surface area contributed by atoms with Gasteiger partial charge in [-0.2, -0.15) is 0 Å². The average Bonchev–Trinajstić information content (AvgIpc) is 2.82. The molecule has 1 heterocycles. The smallest absolute Gasteiger partial charge is 0.130 e. The van der Waals surface area contributed by atoms with E-state index in [2.05, 4.69) is 32.0 Å². The molecule has 0 amide bonds. The topological polar surface area (TPSA) is 30.2 Å². The summed E-state index contributed by atoms with van der Waals surface area (Å²) >= 11 is 0. The number of rotatable bonds is 4. The van der Waals surface area contributed by atoms with E-state index in [0.717, 1.165) is 5.76 Å². The van der Waals surface area contributed by atoms with E-state index in [1.807, 2.05) is 12.1 Å². The van der Waals surface area contributed by atoms with Crippen molar-refractivity contribution in [3.8, 4) is 0 Å². The van der Waals surface area contributed by atoms with Crippen LogP contribution in [-0.4, -0.2) is 5.78 Å². The molecule has 2 aromatic rings. The van der Waals surface area contributed by atoms with Crippen molar-refractivity contribution in [2.45, 2.75) is 33.1 Å². The first-order valence-electron chi connectivity index (χ1n) is 6.18. The zero-order chi connectivity index (χ0) is 13.1. The molecule has 0 fully saturated rings. The van der Waals surface area contributed by atoms with Gasteiger partial charge in [0.2, 0.25) is 0 Å². The van der Waals surface area contributed by atoms with Crippen LogP contribution in [0, 0.1) is 13.8 Å². The van der Waals surface area contributed by atoms with Crippen LogP contribution in [0.5, 0.6) is 0 Å². The van der Waals surface area contributed by atoms with Crippen LogP contribution in [0.3, 0.4) is 0 Å². The van der Waals surface area contributed by atoms with Crippen molar-refractivity contribution in [2.75, 3.05) is 0 Å². The number of carbonyl (C=O) groups excluding carboxylic acids is 1. The summed E-state index contributed by atoms with van der Waals surface area (Å²) in [6.45, 7) is 5.77. The lowest BCUT2D eigenvalue weighted by Crippen LogP contribution is -2.07. The maximum atomic E-state index is 11.5. The minimum atomic E-state index is 0.0254. The van der Waals surface area contributed by atoms with Crippen molar-refractivity contribution in [1.29, 1.82) is 0 Å². The molecule has 2 nitrogen and oxygen atoms in total. The van der Waals surface area contributed by atoms with Gasteiger partial charge in [-0.15, -0.1) is 0 Å². The number of benzene rings is 1. The summed E-state index contributed by atoms with van der Waals surface area (Å²) in [6, 6.07) is 10.1. The second-order valence-electron chi connectivity index (χ2n) is 4.83. The molecule has 0 radical (unpaired) electrons. The van der Waals surface area contributed by atoms with Crippen molar-refractivity contribution in [3.05, 3.63) is 59.0 Å². The molecule has 0 N–H and O–H groups in total. The molecule has 1 aromatic carbocycles. The molecule has 1 atom stereocenters. The fourth-order valence-corrected chi connectivity index (χ4v) is 2.28. The van der Waals surface area contributed by atoms with E-state index in [4.69, 9.17) is 4.42 Å². The zero-order valence-electron chi connectivity index (χ0n) is 11.1. The summed E-state index contributed by atoms with van der Waals surface area (Å²) in [4.78, 5) is 11.5. The van der Waals surface area contributed by atoms with Crippen LogP contribution < -0.4 is 0 Å². The summed E-state index contributed by atoms with van der Waals surface area (Å²) in [7, 11) is 0. The van der Waals surface area contributed by atoms with E-state index < -0.39 is 0 Å². The maximum Gasteiger partial charge on any atom is 0.130 e. The van der Waals surface area contributed by atoms with E-state index in [9.17, 15) is 4.79 Å². The van der Waals surface area contributed by atoms with Crippen molar-refractivity contribution in [3.63, 3.8) is 0 Å². The van der Waals surface area contributed by atoms with Gasteiger partial charge in [-0.3, -0.25) is 4.79 Å². The first-order valence-corrected chi connectivity index (χ1v) is 6.18. The second kappa shape index (κ2) is 5.21. The van der Waals surface area contributed by atoms with Gasteiger partial charge >= 0.3 is 0 Å². The van der Waals surface area contributed by atoms with E-state index in [1.165, 1.54) is 16.7 Å². The molecule has 2 heteroatoms. The van der Waals surface area contributed by atoms with Crippen LogP contribution in [0.2, 0.25) is 0 Å². The van der Waals surface area contributed by atoms with Crippen LogP contribution in [0.1, 0.15) is 41.7 Å². The lowest BCUT2D eigenvalue weighted by atomic mass is 9.88. The first-order chi connectivity index (χ1) is 8.58. The van der Waals surface area contributed by atoms with Crippen molar-refractivity contribution in [2.24, 2.45) is 0 Å². The standard InChI is InChI=1S/C16H18O2/c1-11-6-7-12(2)14(9-11)15(10-13(3)17)16-5-4-8-18-16/h4-9,15H,10H2,1-3H3. The van der Waals surface area contributed by atoms with Gasteiger partial charge in [0, 0.05) is 12.3 Å². The quantitative estimate of drug-likeness (QED) is 0.811. The average molecular weight is 242 g/mol. The van der Waals surface area contributed by atoms with Gasteiger partial charge < -0.3 is 4.42 Å². The lowest BCUT2D eigenvalue weighted by Gasteiger charge is -2.17. The molecule has 1 unspecified atom stereocenters. The molecular formula is C16H18O2. The normalized spacial score (nSPS) is 12.4. The Morgan fingerprint density at radius 3 is 2.67 bits per heavy atom. The van der Waals surface area contributed by atoms with Gasteiger partial charge in [0.25, 0.3) is 0 Å². The van der Waals surface area contributed by atoms with Gasteiger partial charge in [0.15, 0.2) is 0 Å². The van der Waals surface area contributed by atoms with Gasteiger partial charge in [-0.1, -0.05) is 23.8 Å². The summed E-state index contributed by atoms with van der Waals surface area (Å²) in [5.74, 6) is 1.06. The predicted molar refractivity (Wildman–Crippen MR) is 71.8 cm³/mol. The van der Waals surface area contributed by atoms with Gasteiger partial charge in [-0.25, -0.2) is 0 Å². The maximum absolute atomic E-state index is 11.5. The van der Waals surface area contributed by atoms with E-state index >= 15 is 0 Å². The third kappa shape index (κ3) is 2.70. The molecule has 18 heavy (non-hydrogen) atoms. The number of carbonyl (C=O) groups is 1. The Kier molecular flexibility index (Phi) is 3.66. The molecule has 0 spiro atoms. The molecule has 2 rings (SSSR count). The second-order valence-corrected chi connectivity index (χ2v) is 4.83. The van der Waals surface area contributed by atoms with Crippen LogP contribution in [0.15, 0.2) is 41.0 Å². The zero-order valence-corrected chi connectivity index (χ0v) is 11.1. The van der Waals surface area contributed by atoms with Crippen LogP contribution in [0.25, 0.3) is 0 Å². The molecule has 0 aliphatic heterocycles. The van der Waals surface area contributed by atoms with E-state index in [1.54, 1.807) is 13.2 Å². The Morgan fingerprint density at radius 1 is 1.28 bits per heavy atom. The monoisotopic (exact) mass is 242 g/mol. The third-order valence-electron chi connectivity index (χ3n) is 3.19.